The largest absolute Gasteiger partial charge is 0.397 e. The summed E-state index contributed by atoms with van der Waals surface area (Å²) < 4.78 is 0. The fraction of sp³-hybridized carbons (Fsp3) is 0. The number of rotatable bonds is 3. The first-order valence-electron chi connectivity index (χ1n) is 6.54. The van der Waals surface area contributed by atoms with E-state index in [1.54, 1.807) is 24.5 Å². The maximum absolute atomic E-state index is 11.4. The number of H-pyrrole nitrogens is 1. The standard InChI is InChI=1S/C16H13ClN4O/c1-2-15(22)21-14-6-9(3-4-13(14)18)10-5-11-12(17)8-20-16(11)19-7-10/h2-8H,1,18H2,(H,19,20)(H,21,22). The zero-order chi connectivity index (χ0) is 15.7. The summed E-state index contributed by atoms with van der Waals surface area (Å²) in [5.41, 5.74) is 9.37. The van der Waals surface area contributed by atoms with Gasteiger partial charge in [0.1, 0.15) is 5.65 Å². The van der Waals surface area contributed by atoms with Gasteiger partial charge in [-0.1, -0.05) is 24.2 Å². The van der Waals surface area contributed by atoms with Crippen LogP contribution in [-0.4, -0.2) is 15.9 Å². The van der Waals surface area contributed by atoms with Crippen LogP contribution in [0.4, 0.5) is 11.4 Å². The number of halogens is 1. The summed E-state index contributed by atoms with van der Waals surface area (Å²) in [7, 11) is 0. The van der Waals surface area contributed by atoms with Gasteiger partial charge in [0.15, 0.2) is 0 Å². The van der Waals surface area contributed by atoms with Crippen molar-refractivity contribution in [1.29, 1.82) is 0 Å². The number of carbonyl (C=O) groups is 1. The average molecular weight is 313 g/mol. The Morgan fingerprint density at radius 1 is 1.36 bits per heavy atom. The zero-order valence-electron chi connectivity index (χ0n) is 11.6. The van der Waals surface area contributed by atoms with E-state index >= 15 is 0 Å². The van der Waals surface area contributed by atoms with Crippen LogP contribution in [0, 0.1) is 0 Å². The number of nitrogens with two attached hydrogens (primary N) is 1. The number of nitrogens with zero attached hydrogens (tertiary/aromatic N) is 1. The fourth-order valence-corrected chi connectivity index (χ4v) is 2.36. The second-order valence-corrected chi connectivity index (χ2v) is 5.16. The molecule has 0 atom stereocenters. The van der Waals surface area contributed by atoms with E-state index in [2.05, 4.69) is 21.9 Å². The molecule has 2 heterocycles. The number of nitrogens with one attached hydrogen (secondary N) is 2. The number of hydrogen-bond acceptors (Lipinski definition) is 3. The van der Waals surface area contributed by atoms with Gasteiger partial charge in [-0.2, -0.15) is 0 Å². The lowest BCUT2D eigenvalue weighted by Crippen LogP contribution is -2.09. The summed E-state index contributed by atoms with van der Waals surface area (Å²) in [6.07, 6.45) is 4.63. The highest BCUT2D eigenvalue weighted by atomic mass is 35.5. The number of nitrogen functional groups attached to an aromatic ring is 1. The van der Waals surface area contributed by atoms with E-state index in [1.165, 1.54) is 6.08 Å². The molecule has 4 N–H and O–H groups in total. The van der Waals surface area contributed by atoms with Crippen LogP contribution < -0.4 is 11.1 Å². The summed E-state index contributed by atoms with van der Waals surface area (Å²) in [4.78, 5) is 18.8. The van der Waals surface area contributed by atoms with E-state index in [0.717, 1.165) is 22.2 Å². The molecule has 0 fully saturated rings. The lowest BCUT2D eigenvalue weighted by atomic mass is 10.1. The highest BCUT2D eigenvalue weighted by Crippen LogP contribution is 2.30. The number of aromatic nitrogens is 2. The third kappa shape index (κ3) is 2.54. The van der Waals surface area contributed by atoms with Crippen LogP contribution in [0.1, 0.15) is 0 Å². The number of fused-ring (bicyclic) bond motifs is 1. The Balaban J connectivity index is 2.06. The molecule has 0 aliphatic rings. The SMILES string of the molecule is C=CC(=O)Nc1cc(-c2cnc3[nH]cc(Cl)c3c2)ccc1N. The molecule has 22 heavy (non-hydrogen) atoms. The summed E-state index contributed by atoms with van der Waals surface area (Å²) >= 11 is 6.12. The predicted octanol–water partition coefficient (Wildman–Crippen LogP) is 3.59. The molecule has 1 amide bonds. The van der Waals surface area contributed by atoms with Crippen LogP contribution in [0.25, 0.3) is 22.2 Å². The molecule has 6 heteroatoms. The number of carbonyl (C=O) groups excluding carboxylic acids is 1. The average Bonchev–Trinajstić information content (AvgIpc) is 2.90. The summed E-state index contributed by atoms with van der Waals surface area (Å²) in [6, 6.07) is 7.32. The Hall–Kier alpha value is -2.79. The van der Waals surface area contributed by atoms with Crippen molar-refractivity contribution in [3.63, 3.8) is 0 Å². The highest BCUT2D eigenvalue weighted by molar-refractivity contribution is 6.35. The number of hydrogen-bond donors (Lipinski definition) is 3. The van der Waals surface area contributed by atoms with Crippen molar-refractivity contribution in [1.82, 2.24) is 9.97 Å². The predicted molar refractivity (Wildman–Crippen MR) is 89.8 cm³/mol. The number of benzene rings is 1. The van der Waals surface area contributed by atoms with Crippen molar-refractivity contribution in [3.8, 4) is 11.1 Å². The van der Waals surface area contributed by atoms with E-state index in [0.29, 0.717) is 16.4 Å². The molecule has 0 saturated carbocycles. The van der Waals surface area contributed by atoms with Crippen LogP contribution in [0.2, 0.25) is 5.02 Å². The van der Waals surface area contributed by atoms with Crippen molar-refractivity contribution in [2.45, 2.75) is 0 Å². The summed E-state index contributed by atoms with van der Waals surface area (Å²) in [5, 5.41) is 4.13. The lowest BCUT2D eigenvalue weighted by molar-refractivity contribution is -0.111. The first-order chi connectivity index (χ1) is 10.6. The first-order valence-corrected chi connectivity index (χ1v) is 6.92. The molecule has 0 radical (unpaired) electrons. The number of amides is 1. The molecule has 3 aromatic rings. The van der Waals surface area contributed by atoms with Crippen molar-refractivity contribution in [2.75, 3.05) is 11.1 Å². The molecule has 110 valence electrons. The number of anilines is 2. The van der Waals surface area contributed by atoms with Gasteiger partial charge in [0, 0.05) is 23.3 Å². The van der Waals surface area contributed by atoms with E-state index in [1.807, 2.05) is 12.1 Å². The zero-order valence-corrected chi connectivity index (χ0v) is 12.3. The Morgan fingerprint density at radius 3 is 2.95 bits per heavy atom. The van der Waals surface area contributed by atoms with E-state index in [9.17, 15) is 4.79 Å². The van der Waals surface area contributed by atoms with Crippen molar-refractivity contribution >= 4 is 39.9 Å². The quantitative estimate of drug-likeness (QED) is 0.510. The van der Waals surface area contributed by atoms with Crippen molar-refractivity contribution < 1.29 is 4.79 Å². The second-order valence-electron chi connectivity index (χ2n) is 4.75. The minimum Gasteiger partial charge on any atom is -0.397 e. The summed E-state index contributed by atoms with van der Waals surface area (Å²) in [6.45, 7) is 3.42. The van der Waals surface area contributed by atoms with Gasteiger partial charge in [-0.3, -0.25) is 4.79 Å². The second kappa shape index (κ2) is 5.54. The summed E-state index contributed by atoms with van der Waals surface area (Å²) in [5.74, 6) is -0.314. The normalized spacial score (nSPS) is 10.6. The van der Waals surface area contributed by atoms with Gasteiger partial charge in [0.05, 0.1) is 16.4 Å². The number of pyridine rings is 1. The van der Waals surface area contributed by atoms with E-state index < -0.39 is 0 Å². The van der Waals surface area contributed by atoms with Gasteiger partial charge >= 0.3 is 0 Å². The van der Waals surface area contributed by atoms with Gasteiger partial charge in [-0.15, -0.1) is 0 Å². The molecule has 1 aromatic carbocycles. The highest BCUT2D eigenvalue weighted by Gasteiger charge is 2.08. The smallest absolute Gasteiger partial charge is 0.247 e. The Bertz CT molecular complexity index is 885. The van der Waals surface area contributed by atoms with Crippen LogP contribution in [0.15, 0.2) is 49.3 Å². The maximum Gasteiger partial charge on any atom is 0.247 e. The fourth-order valence-electron chi connectivity index (χ4n) is 2.16. The maximum atomic E-state index is 11.4. The topological polar surface area (TPSA) is 83.8 Å². The molecule has 2 aromatic heterocycles. The van der Waals surface area contributed by atoms with E-state index in [4.69, 9.17) is 17.3 Å². The minimum absolute atomic E-state index is 0.314. The Morgan fingerprint density at radius 2 is 2.18 bits per heavy atom. The monoisotopic (exact) mass is 312 g/mol. The van der Waals surface area contributed by atoms with E-state index in [-0.39, 0.29) is 5.91 Å². The molecule has 0 saturated heterocycles. The molecule has 0 unspecified atom stereocenters. The lowest BCUT2D eigenvalue weighted by Gasteiger charge is -2.09. The van der Waals surface area contributed by atoms with Gasteiger partial charge in [0.2, 0.25) is 5.91 Å². The molecule has 3 rings (SSSR count). The Labute approximate surface area is 131 Å². The first kappa shape index (κ1) is 14.2. The van der Waals surface area contributed by atoms with Crippen LogP contribution >= 0.6 is 11.6 Å². The van der Waals surface area contributed by atoms with Gasteiger partial charge in [0.25, 0.3) is 0 Å². The molecule has 0 spiro atoms. The molecular weight excluding hydrogens is 300 g/mol. The van der Waals surface area contributed by atoms with Crippen molar-refractivity contribution in [2.24, 2.45) is 0 Å². The third-order valence-corrected chi connectivity index (χ3v) is 3.62. The van der Waals surface area contributed by atoms with Crippen LogP contribution in [0.5, 0.6) is 0 Å². The number of aromatic amines is 1. The van der Waals surface area contributed by atoms with Crippen molar-refractivity contribution in [3.05, 3.63) is 54.3 Å². The molecular formula is C16H13ClN4O. The minimum atomic E-state index is -0.314. The molecule has 0 aliphatic heterocycles. The van der Waals surface area contributed by atoms with Crippen LogP contribution in [-0.2, 0) is 4.79 Å². The Kier molecular flexibility index (Phi) is 3.56. The molecule has 0 aliphatic carbocycles. The van der Waals surface area contributed by atoms with Crippen LogP contribution in [0.3, 0.4) is 0 Å². The third-order valence-electron chi connectivity index (χ3n) is 3.31. The van der Waals surface area contributed by atoms with Gasteiger partial charge in [-0.05, 0) is 29.8 Å². The van der Waals surface area contributed by atoms with Gasteiger partial charge in [-0.25, -0.2) is 4.98 Å². The molecule has 0 bridgehead atoms. The van der Waals surface area contributed by atoms with Gasteiger partial charge < -0.3 is 16.0 Å². The molecule has 5 nitrogen and oxygen atoms in total.